The van der Waals surface area contributed by atoms with Gasteiger partial charge < -0.3 is 0 Å². The number of aromatic nitrogens is 2. The summed E-state index contributed by atoms with van der Waals surface area (Å²) in [6.45, 7) is 4.42. The maximum Gasteiger partial charge on any atom is 0.212 e. The normalized spacial score (nSPS) is 10.7. The van der Waals surface area contributed by atoms with Crippen LogP contribution < -0.4 is 0 Å². The predicted molar refractivity (Wildman–Crippen MR) is 72.5 cm³/mol. The Kier molecular flexibility index (Phi) is 3.73. The van der Waals surface area contributed by atoms with Crippen LogP contribution in [0.1, 0.15) is 28.7 Å². The van der Waals surface area contributed by atoms with E-state index < -0.39 is 0 Å². The first-order chi connectivity index (χ1) is 8.54. The highest BCUT2D eigenvalue weighted by Gasteiger charge is 2.18. The number of halogens is 2. The molecule has 18 heavy (non-hydrogen) atoms. The number of rotatable bonds is 3. The fourth-order valence-electron chi connectivity index (χ4n) is 1.79. The molecular weight excluding hydrogens is 271 g/mol. The van der Waals surface area contributed by atoms with Gasteiger partial charge in [-0.15, -0.1) is 0 Å². The monoisotopic (exact) mass is 282 g/mol. The summed E-state index contributed by atoms with van der Waals surface area (Å²) in [7, 11) is 0. The van der Waals surface area contributed by atoms with E-state index in [0.717, 1.165) is 5.69 Å². The largest absolute Gasteiger partial charge is 0.287 e. The van der Waals surface area contributed by atoms with Crippen LogP contribution in [0.5, 0.6) is 0 Å². The lowest BCUT2D eigenvalue weighted by Gasteiger charge is -2.06. The van der Waals surface area contributed by atoms with Gasteiger partial charge in [0, 0.05) is 12.1 Å². The van der Waals surface area contributed by atoms with Crippen molar-refractivity contribution in [3.05, 3.63) is 51.3 Å². The smallest absolute Gasteiger partial charge is 0.212 e. The molecule has 1 aromatic carbocycles. The topological polar surface area (TPSA) is 34.9 Å². The fraction of sp³-hybridized carbons (Fsp3) is 0.231. The number of hydrogen-bond donors (Lipinski definition) is 0. The molecule has 2 aromatic rings. The Bertz CT molecular complexity index is 605. The molecule has 0 bridgehead atoms. The van der Waals surface area contributed by atoms with Gasteiger partial charge in [0.1, 0.15) is 5.69 Å². The van der Waals surface area contributed by atoms with Crippen molar-refractivity contribution in [2.45, 2.75) is 20.4 Å². The van der Waals surface area contributed by atoms with Crippen LogP contribution in [-0.4, -0.2) is 15.6 Å². The van der Waals surface area contributed by atoms with Crippen LogP contribution >= 0.6 is 23.2 Å². The number of nitrogens with zero attached hydrogens (tertiary/aromatic N) is 2. The standard InChI is InChI=1S/C13H12Cl2N2O/c1-3-17-11(7-8(2)16-17)13(18)9-5-4-6-10(14)12(9)15/h4-7H,3H2,1-2H3. The summed E-state index contributed by atoms with van der Waals surface area (Å²) >= 11 is 12.0. The molecule has 94 valence electrons. The van der Waals surface area contributed by atoms with E-state index in [-0.39, 0.29) is 10.8 Å². The second kappa shape index (κ2) is 5.12. The molecule has 3 nitrogen and oxygen atoms in total. The summed E-state index contributed by atoms with van der Waals surface area (Å²) in [6.07, 6.45) is 0. The van der Waals surface area contributed by atoms with Crippen LogP contribution in [0.2, 0.25) is 10.0 Å². The molecule has 0 amide bonds. The second-order valence-electron chi connectivity index (χ2n) is 3.92. The average molecular weight is 283 g/mol. The van der Waals surface area contributed by atoms with Crippen molar-refractivity contribution in [1.82, 2.24) is 9.78 Å². The molecule has 0 spiro atoms. The first kappa shape index (κ1) is 13.1. The number of carbonyl (C=O) groups is 1. The quantitative estimate of drug-likeness (QED) is 0.804. The van der Waals surface area contributed by atoms with Crippen LogP contribution in [0, 0.1) is 6.92 Å². The third kappa shape index (κ3) is 2.28. The highest BCUT2D eigenvalue weighted by Crippen LogP contribution is 2.27. The minimum atomic E-state index is -0.162. The van der Waals surface area contributed by atoms with Crippen LogP contribution in [0.25, 0.3) is 0 Å². The van der Waals surface area contributed by atoms with E-state index in [1.54, 1.807) is 28.9 Å². The first-order valence-corrected chi connectivity index (χ1v) is 6.33. The number of aryl methyl sites for hydroxylation is 2. The third-order valence-electron chi connectivity index (χ3n) is 2.63. The van der Waals surface area contributed by atoms with Crippen molar-refractivity contribution < 1.29 is 4.79 Å². The van der Waals surface area contributed by atoms with Gasteiger partial charge in [0.15, 0.2) is 0 Å². The van der Waals surface area contributed by atoms with Crippen molar-refractivity contribution >= 4 is 29.0 Å². The Morgan fingerprint density at radius 3 is 2.78 bits per heavy atom. The molecule has 0 fully saturated rings. The number of carbonyl (C=O) groups excluding carboxylic acids is 1. The molecule has 0 atom stereocenters. The predicted octanol–water partition coefficient (Wildman–Crippen LogP) is 3.75. The van der Waals surface area contributed by atoms with Gasteiger partial charge in [-0.3, -0.25) is 9.48 Å². The molecule has 0 aliphatic rings. The van der Waals surface area contributed by atoms with Gasteiger partial charge in [-0.1, -0.05) is 29.3 Å². The van der Waals surface area contributed by atoms with E-state index in [0.29, 0.717) is 22.8 Å². The Labute approximate surface area is 115 Å². The van der Waals surface area contributed by atoms with Gasteiger partial charge in [0.2, 0.25) is 5.78 Å². The second-order valence-corrected chi connectivity index (χ2v) is 4.70. The Hall–Kier alpha value is -1.32. The van der Waals surface area contributed by atoms with Gasteiger partial charge in [0.25, 0.3) is 0 Å². The van der Waals surface area contributed by atoms with Crippen LogP contribution in [0.15, 0.2) is 24.3 Å². The molecule has 0 unspecified atom stereocenters. The van der Waals surface area contributed by atoms with Crippen molar-refractivity contribution in [2.75, 3.05) is 0 Å². The van der Waals surface area contributed by atoms with Crippen molar-refractivity contribution in [3.8, 4) is 0 Å². The molecule has 0 saturated carbocycles. The Morgan fingerprint density at radius 2 is 2.11 bits per heavy atom. The molecule has 1 heterocycles. The maximum absolute atomic E-state index is 12.4. The molecule has 0 radical (unpaired) electrons. The van der Waals surface area contributed by atoms with E-state index in [9.17, 15) is 4.79 Å². The number of ketones is 1. The van der Waals surface area contributed by atoms with E-state index in [1.165, 1.54) is 0 Å². The van der Waals surface area contributed by atoms with Crippen LogP contribution in [-0.2, 0) is 6.54 Å². The summed E-state index contributed by atoms with van der Waals surface area (Å²) in [5.74, 6) is -0.162. The minimum absolute atomic E-state index is 0.162. The van der Waals surface area contributed by atoms with E-state index >= 15 is 0 Å². The van der Waals surface area contributed by atoms with Gasteiger partial charge >= 0.3 is 0 Å². The molecule has 1 aromatic heterocycles. The third-order valence-corrected chi connectivity index (χ3v) is 3.45. The molecule has 0 N–H and O–H groups in total. The molecule has 0 aliphatic heterocycles. The first-order valence-electron chi connectivity index (χ1n) is 5.57. The maximum atomic E-state index is 12.4. The number of benzene rings is 1. The molecule has 0 aliphatic carbocycles. The summed E-state index contributed by atoms with van der Waals surface area (Å²) in [5, 5.41) is 4.91. The van der Waals surface area contributed by atoms with Gasteiger partial charge in [0.05, 0.1) is 15.7 Å². The average Bonchev–Trinajstić information content (AvgIpc) is 2.73. The van der Waals surface area contributed by atoms with Crippen LogP contribution in [0.4, 0.5) is 0 Å². The minimum Gasteiger partial charge on any atom is -0.287 e. The summed E-state index contributed by atoms with van der Waals surface area (Å²) in [5.41, 5.74) is 1.73. The molecule has 5 heteroatoms. The zero-order valence-corrected chi connectivity index (χ0v) is 11.6. The Balaban J connectivity index is 2.51. The van der Waals surface area contributed by atoms with E-state index in [1.807, 2.05) is 13.8 Å². The molecular formula is C13H12Cl2N2O. The summed E-state index contributed by atoms with van der Waals surface area (Å²) in [6, 6.07) is 6.78. The summed E-state index contributed by atoms with van der Waals surface area (Å²) in [4.78, 5) is 12.4. The lowest BCUT2D eigenvalue weighted by molar-refractivity contribution is 0.102. The Morgan fingerprint density at radius 1 is 1.39 bits per heavy atom. The van der Waals surface area contributed by atoms with Gasteiger partial charge in [-0.2, -0.15) is 5.10 Å². The zero-order chi connectivity index (χ0) is 13.3. The van der Waals surface area contributed by atoms with E-state index in [4.69, 9.17) is 23.2 Å². The summed E-state index contributed by atoms with van der Waals surface area (Å²) < 4.78 is 1.66. The lowest BCUT2D eigenvalue weighted by Crippen LogP contribution is -2.11. The lowest BCUT2D eigenvalue weighted by atomic mass is 10.1. The zero-order valence-electron chi connectivity index (χ0n) is 10.1. The van der Waals surface area contributed by atoms with Crippen molar-refractivity contribution in [1.29, 1.82) is 0 Å². The van der Waals surface area contributed by atoms with Gasteiger partial charge in [-0.05, 0) is 32.0 Å². The number of hydrogen-bond acceptors (Lipinski definition) is 2. The molecule has 2 rings (SSSR count). The SMILES string of the molecule is CCn1nc(C)cc1C(=O)c1cccc(Cl)c1Cl. The van der Waals surface area contributed by atoms with Crippen molar-refractivity contribution in [2.24, 2.45) is 0 Å². The van der Waals surface area contributed by atoms with E-state index in [2.05, 4.69) is 5.10 Å². The van der Waals surface area contributed by atoms with Crippen LogP contribution in [0.3, 0.4) is 0 Å². The van der Waals surface area contributed by atoms with Gasteiger partial charge in [-0.25, -0.2) is 0 Å². The molecule has 0 saturated heterocycles. The highest BCUT2D eigenvalue weighted by molar-refractivity contribution is 6.44. The van der Waals surface area contributed by atoms with Crippen molar-refractivity contribution in [3.63, 3.8) is 0 Å². The fourth-order valence-corrected chi connectivity index (χ4v) is 2.17. The highest BCUT2D eigenvalue weighted by atomic mass is 35.5.